The summed E-state index contributed by atoms with van der Waals surface area (Å²) in [4.78, 5) is 0. The van der Waals surface area contributed by atoms with Crippen LogP contribution in [0.15, 0.2) is 97.1 Å². The second-order valence-electron chi connectivity index (χ2n) is 8.96. The summed E-state index contributed by atoms with van der Waals surface area (Å²) in [5, 5.41) is 18.8. The van der Waals surface area contributed by atoms with E-state index >= 15 is 0 Å². The molecule has 7 nitrogen and oxygen atoms in total. The minimum absolute atomic E-state index is 0.0824. The summed E-state index contributed by atoms with van der Waals surface area (Å²) in [6, 6.07) is 28.6. The second kappa shape index (κ2) is 10.1. The van der Waals surface area contributed by atoms with Gasteiger partial charge in [0.05, 0.1) is 17.8 Å². The Balaban J connectivity index is 1.36. The molecule has 39 heavy (non-hydrogen) atoms. The molecule has 0 saturated carbocycles. The number of aromatic amines is 1. The fourth-order valence-electron chi connectivity index (χ4n) is 4.55. The van der Waals surface area contributed by atoms with Gasteiger partial charge in [-0.25, -0.2) is 5.10 Å². The molecule has 194 valence electrons. The molecular weight excluding hydrogens is 505 g/mol. The average Bonchev–Trinajstić information content (AvgIpc) is 3.60. The van der Waals surface area contributed by atoms with E-state index < -0.39 is 11.7 Å². The van der Waals surface area contributed by atoms with Crippen molar-refractivity contribution in [2.45, 2.75) is 19.3 Å². The molecule has 0 saturated heterocycles. The van der Waals surface area contributed by atoms with E-state index in [0.29, 0.717) is 34.8 Å². The number of aromatic nitrogens is 6. The number of hydrogen-bond donors (Lipinski definition) is 1. The third kappa shape index (κ3) is 5.08. The predicted octanol–water partition coefficient (Wildman–Crippen LogP) is 6.53. The fourth-order valence-corrected chi connectivity index (χ4v) is 4.55. The first-order valence-electron chi connectivity index (χ1n) is 12.1. The van der Waals surface area contributed by atoms with Gasteiger partial charge in [-0.15, -0.1) is 5.10 Å². The molecule has 0 atom stereocenters. The van der Waals surface area contributed by atoms with Crippen LogP contribution in [-0.4, -0.2) is 30.4 Å². The lowest BCUT2D eigenvalue weighted by Crippen LogP contribution is -2.06. The van der Waals surface area contributed by atoms with Gasteiger partial charge in [-0.05, 0) is 45.8 Å². The molecule has 2 heterocycles. The zero-order valence-electron chi connectivity index (χ0n) is 20.4. The van der Waals surface area contributed by atoms with Gasteiger partial charge in [0.15, 0.2) is 5.82 Å². The Morgan fingerprint density at radius 1 is 0.795 bits per heavy atom. The van der Waals surface area contributed by atoms with Gasteiger partial charge in [-0.1, -0.05) is 72.8 Å². The van der Waals surface area contributed by atoms with E-state index in [4.69, 9.17) is 4.74 Å². The number of nitrogens with zero attached hydrogens (tertiary/aromatic N) is 5. The topological polar surface area (TPSA) is 81.5 Å². The third-order valence-corrected chi connectivity index (χ3v) is 6.31. The van der Waals surface area contributed by atoms with Gasteiger partial charge >= 0.3 is 6.18 Å². The van der Waals surface area contributed by atoms with Gasteiger partial charge < -0.3 is 4.74 Å². The molecular formula is C29H21F3N6O. The van der Waals surface area contributed by atoms with Crippen LogP contribution in [0.25, 0.3) is 33.5 Å². The van der Waals surface area contributed by atoms with Crippen molar-refractivity contribution in [1.29, 1.82) is 0 Å². The first-order chi connectivity index (χ1) is 19.0. The molecule has 0 fully saturated rings. The lowest BCUT2D eigenvalue weighted by molar-refractivity contribution is -0.136. The third-order valence-electron chi connectivity index (χ3n) is 6.31. The van der Waals surface area contributed by atoms with Crippen molar-refractivity contribution in [2.75, 3.05) is 0 Å². The summed E-state index contributed by atoms with van der Waals surface area (Å²) in [6.07, 6.45) is -4.52. The maximum Gasteiger partial charge on any atom is 0.418 e. The van der Waals surface area contributed by atoms with Gasteiger partial charge in [0.1, 0.15) is 17.9 Å². The van der Waals surface area contributed by atoms with Crippen molar-refractivity contribution >= 4 is 10.9 Å². The normalized spacial score (nSPS) is 11.7. The zero-order valence-corrected chi connectivity index (χ0v) is 20.4. The van der Waals surface area contributed by atoms with Crippen LogP contribution in [0.5, 0.6) is 5.75 Å². The molecule has 10 heteroatoms. The van der Waals surface area contributed by atoms with Crippen LogP contribution < -0.4 is 4.74 Å². The Morgan fingerprint density at radius 2 is 1.56 bits per heavy atom. The van der Waals surface area contributed by atoms with Crippen LogP contribution >= 0.6 is 0 Å². The van der Waals surface area contributed by atoms with Crippen molar-refractivity contribution in [3.8, 4) is 28.4 Å². The Hall–Kier alpha value is -4.99. The average molecular weight is 527 g/mol. The Morgan fingerprint density at radius 3 is 2.36 bits per heavy atom. The molecule has 0 aliphatic rings. The highest BCUT2D eigenvalue weighted by Crippen LogP contribution is 2.38. The SMILES string of the molecule is FC(F)(F)c1cccc2c(-c3cccc(OCc4cccc(-c5nnn[nH]5)c4)c3)n(Cc3ccccc3)nc12. The summed E-state index contributed by atoms with van der Waals surface area (Å²) >= 11 is 0. The monoisotopic (exact) mass is 526 g/mol. The number of fused-ring (bicyclic) bond motifs is 1. The van der Waals surface area contributed by atoms with Crippen LogP contribution in [0.1, 0.15) is 16.7 Å². The summed E-state index contributed by atoms with van der Waals surface area (Å²) in [7, 11) is 0. The molecule has 6 rings (SSSR count). The highest BCUT2D eigenvalue weighted by molar-refractivity contribution is 5.95. The van der Waals surface area contributed by atoms with E-state index in [1.807, 2.05) is 78.9 Å². The van der Waals surface area contributed by atoms with Crippen LogP contribution in [-0.2, 0) is 19.3 Å². The summed E-state index contributed by atoms with van der Waals surface area (Å²) in [6.45, 7) is 0.595. The van der Waals surface area contributed by atoms with E-state index in [9.17, 15) is 13.2 Å². The second-order valence-corrected chi connectivity index (χ2v) is 8.96. The van der Waals surface area contributed by atoms with E-state index in [-0.39, 0.29) is 12.1 Å². The Labute approximate surface area is 220 Å². The molecule has 0 bridgehead atoms. The highest BCUT2D eigenvalue weighted by atomic mass is 19.4. The standard InChI is InChI=1S/C29H21F3N6O/c30-29(31,32)25-14-6-13-24-26(25)35-38(17-19-7-2-1-3-8-19)27(24)21-10-5-12-23(16-21)39-18-20-9-4-11-22(15-20)28-33-36-37-34-28/h1-16H,17-18H2,(H,33,34,36,37). The number of H-pyrrole nitrogens is 1. The van der Waals surface area contributed by atoms with Crippen molar-refractivity contribution in [2.24, 2.45) is 0 Å². The first kappa shape index (κ1) is 24.4. The Bertz CT molecular complexity index is 1730. The number of rotatable bonds is 7. The first-order valence-corrected chi connectivity index (χ1v) is 12.1. The molecule has 0 aliphatic carbocycles. The molecule has 0 spiro atoms. The quantitative estimate of drug-likeness (QED) is 0.256. The number of alkyl halides is 3. The van der Waals surface area contributed by atoms with Crippen molar-refractivity contribution in [1.82, 2.24) is 30.4 Å². The number of benzene rings is 4. The molecule has 0 aliphatic heterocycles. The molecule has 0 radical (unpaired) electrons. The highest BCUT2D eigenvalue weighted by Gasteiger charge is 2.34. The van der Waals surface area contributed by atoms with E-state index in [0.717, 1.165) is 22.8 Å². The van der Waals surface area contributed by atoms with E-state index in [1.165, 1.54) is 6.07 Å². The summed E-state index contributed by atoms with van der Waals surface area (Å²) < 4.78 is 49.3. The largest absolute Gasteiger partial charge is 0.489 e. The number of nitrogens with one attached hydrogen (secondary N) is 1. The summed E-state index contributed by atoms with van der Waals surface area (Å²) in [5.41, 5.74) is 3.10. The van der Waals surface area contributed by atoms with Gasteiger partial charge in [-0.2, -0.15) is 18.3 Å². The maximum absolute atomic E-state index is 13.9. The summed E-state index contributed by atoms with van der Waals surface area (Å²) in [5.74, 6) is 1.13. The van der Waals surface area contributed by atoms with Crippen LogP contribution in [0.2, 0.25) is 0 Å². The number of halogens is 3. The van der Waals surface area contributed by atoms with Crippen LogP contribution in [0.4, 0.5) is 13.2 Å². The Kier molecular flexibility index (Phi) is 6.28. The zero-order chi connectivity index (χ0) is 26.8. The van der Waals surface area contributed by atoms with Gasteiger partial charge in [0.2, 0.25) is 0 Å². The smallest absolute Gasteiger partial charge is 0.418 e. The van der Waals surface area contributed by atoms with Gasteiger partial charge in [0, 0.05) is 16.5 Å². The lowest BCUT2D eigenvalue weighted by atomic mass is 10.0. The minimum atomic E-state index is -4.52. The van der Waals surface area contributed by atoms with Crippen molar-refractivity contribution in [3.63, 3.8) is 0 Å². The molecule has 6 aromatic rings. The molecule has 4 aromatic carbocycles. The minimum Gasteiger partial charge on any atom is -0.489 e. The van der Waals surface area contributed by atoms with Crippen molar-refractivity contribution in [3.05, 3.63) is 114 Å². The van der Waals surface area contributed by atoms with Crippen LogP contribution in [0.3, 0.4) is 0 Å². The van der Waals surface area contributed by atoms with E-state index in [1.54, 1.807) is 10.7 Å². The predicted molar refractivity (Wildman–Crippen MR) is 140 cm³/mol. The van der Waals surface area contributed by atoms with Crippen LogP contribution in [0, 0.1) is 0 Å². The molecule has 2 aromatic heterocycles. The number of tetrazole rings is 1. The molecule has 0 unspecified atom stereocenters. The maximum atomic E-state index is 13.9. The molecule has 0 amide bonds. The lowest BCUT2D eigenvalue weighted by Gasteiger charge is -2.11. The van der Waals surface area contributed by atoms with E-state index in [2.05, 4.69) is 25.7 Å². The number of ether oxygens (including phenoxy) is 1. The molecule has 1 N–H and O–H groups in total. The van der Waals surface area contributed by atoms with Gasteiger partial charge in [-0.3, -0.25) is 4.68 Å². The van der Waals surface area contributed by atoms with Gasteiger partial charge in [0.25, 0.3) is 0 Å². The fraction of sp³-hybridized carbons (Fsp3) is 0.103. The number of hydrogen-bond acceptors (Lipinski definition) is 5. The van der Waals surface area contributed by atoms with Crippen molar-refractivity contribution < 1.29 is 17.9 Å².